The number of ether oxygens (including phenoxy) is 1. The average molecular weight is 260 g/mol. The molecule has 19 heavy (non-hydrogen) atoms. The van der Waals surface area contributed by atoms with Gasteiger partial charge in [-0.15, -0.1) is 0 Å². The third-order valence-electron chi connectivity index (χ3n) is 4.32. The van der Waals surface area contributed by atoms with Gasteiger partial charge in [-0.1, -0.05) is 24.6 Å². The van der Waals surface area contributed by atoms with Gasteiger partial charge in [0.2, 0.25) is 5.91 Å². The first-order valence-corrected chi connectivity index (χ1v) is 7.01. The number of rotatable bonds is 3. The highest BCUT2D eigenvalue weighted by Gasteiger charge is 2.34. The van der Waals surface area contributed by atoms with Crippen LogP contribution in [0.5, 0.6) is 5.75 Å². The van der Waals surface area contributed by atoms with Gasteiger partial charge in [-0.25, -0.2) is 0 Å². The van der Waals surface area contributed by atoms with E-state index in [1.54, 1.807) is 0 Å². The smallest absolute Gasteiger partial charge is 0.224 e. The van der Waals surface area contributed by atoms with Gasteiger partial charge >= 0.3 is 0 Å². The second kappa shape index (κ2) is 5.21. The van der Waals surface area contributed by atoms with E-state index in [1.807, 2.05) is 24.3 Å². The van der Waals surface area contributed by atoms with Crippen molar-refractivity contribution >= 4 is 5.91 Å². The highest BCUT2D eigenvalue weighted by molar-refractivity contribution is 5.80. The van der Waals surface area contributed by atoms with Crippen LogP contribution in [-0.4, -0.2) is 19.1 Å². The second-order valence-corrected chi connectivity index (χ2v) is 5.44. The lowest BCUT2D eigenvalue weighted by atomic mass is 9.95. The standard InChI is InChI=1S/C15H20N2O2/c16-8-10-4-3-6-11(10)15(18)17-13-9-19-14-7-2-1-5-12(13)14/h1-2,5,7,10-11,13H,3-4,6,8-9,16H2,(H,17,18)/t10-,11-,13?/m1/s1. The van der Waals surface area contributed by atoms with E-state index in [-0.39, 0.29) is 17.9 Å². The zero-order valence-electron chi connectivity index (χ0n) is 11.0. The minimum absolute atomic E-state index is 0.0114. The molecule has 0 radical (unpaired) electrons. The number of nitrogens with two attached hydrogens (primary N) is 1. The van der Waals surface area contributed by atoms with Gasteiger partial charge in [-0.3, -0.25) is 4.79 Å². The van der Waals surface area contributed by atoms with E-state index < -0.39 is 0 Å². The molecule has 3 rings (SSSR count). The lowest BCUT2D eigenvalue weighted by molar-refractivity contribution is -0.126. The van der Waals surface area contributed by atoms with E-state index >= 15 is 0 Å². The minimum atomic E-state index is -0.0114. The van der Waals surface area contributed by atoms with Crippen LogP contribution in [0.4, 0.5) is 0 Å². The topological polar surface area (TPSA) is 64.4 Å². The van der Waals surface area contributed by atoms with Crippen LogP contribution in [0.1, 0.15) is 30.9 Å². The minimum Gasteiger partial charge on any atom is -0.491 e. The summed E-state index contributed by atoms with van der Waals surface area (Å²) in [4.78, 5) is 12.4. The predicted octanol–water partition coefficient (Wildman–Crippen LogP) is 1.61. The first-order chi connectivity index (χ1) is 9.29. The Bertz CT molecular complexity index is 475. The van der Waals surface area contributed by atoms with Gasteiger partial charge in [0.15, 0.2) is 0 Å². The molecule has 1 fully saturated rings. The maximum Gasteiger partial charge on any atom is 0.224 e. The molecule has 1 aliphatic heterocycles. The molecule has 3 N–H and O–H groups in total. The van der Waals surface area contributed by atoms with Crippen molar-refractivity contribution in [2.45, 2.75) is 25.3 Å². The number of benzene rings is 1. The Hall–Kier alpha value is -1.55. The van der Waals surface area contributed by atoms with Crippen molar-refractivity contribution in [3.05, 3.63) is 29.8 Å². The molecular formula is C15H20N2O2. The quantitative estimate of drug-likeness (QED) is 0.868. The highest BCUT2D eigenvalue weighted by Crippen LogP contribution is 2.34. The number of hydrogen-bond acceptors (Lipinski definition) is 3. The lowest BCUT2D eigenvalue weighted by Crippen LogP contribution is -2.37. The van der Waals surface area contributed by atoms with Crippen LogP contribution in [-0.2, 0) is 4.79 Å². The van der Waals surface area contributed by atoms with Crippen LogP contribution in [0.3, 0.4) is 0 Å². The van der Waals surface area contributed by atoms with Crippen molar-refractivity contribution in [1.82, 2.24) is 5.32 Å². The summed E-state index contributed by atoms with van der Waals surface area (Å²) in [6.07, 6.45) is 3.15. The van der Waals surface area contributed by atoms with Crippen LogP contribution in [0.25, 0.3) is 0 Å². The molecule has 1 aromatic carbocycles. The van der Waals surface area contributed by atoms with Gasteiger partial charge in [-0.05, 0) is 31.4 Å². The van der Waals surface area contributed by atoms with E-state index in [2.05, 4.69) is 5.32 Å². The molecule has 0 spiro atoms. The predicted molar refractivity (Wildman–Crippen MR) is 72.7 cm³/mol. The maximum absolute atomic E-state index is 12.4. The van der Waals surface area contributed by atoms with Crippen LogP contribution in [0.2, 0.25) is 0 Å². The Morgan fingerprint density at radius 2 is 2.21 bits per heavy atom. The summed E-state index contributed by atoms with van der Waals surface area (Å²) in [6, 6.07) is 7.88. The van der Waals surface area contributed by atoms with Crippen LogP contribution < -0.4 is 15.8 Å². The summed E-state index contributed by atoms with van der Waals surface area (Å²) in [5, 5.41) is 3.12. The molecular weight excluding hydrogens is 240 g/mol. The molecule has 1 unspecified atom stereocenters. The van der Waals surface area contributed by atoms with Gasteiger partial charge in [0, 0.05) is 11.5 Å². The van der Waals surface area contributed by atoms with Crippen molar-refractivity contribution < 1.29 is 9.53 Å². The fourth-order valence-electron chi connectivity index (χ4n) is 3.23. The molecule has 3 atom stereocenters. The fraction of sp³-hybridized carbons (Fsp3) is 0.533. The monoisotopic (exact) mass is 260 g/mol. The van der Waals surface area contributed by atoms with E-state index in [0.29, 0.717) is 19.1 Å². The zero-order valence-corrected chi connectivity index (χ0v) is 11.0. The summed E-state index contributed by atoms with van der Waals surface area (Å²) >= 11 is 0. The van der Waals surface area contributed by atoms with E-state index in [9.17, 15) is 4.79 Å². The second-order valence-electron chi connectivity index (χ2n) is 5.44. The molecule has 102 valence electrons. The number of hydrogen-bond donors (Lipinski definition) is 2. The van der Waals surface area contributed by atoms with Crippen molar-refractivity contribution in [3.8, 4) is 5.75 Å². The Labute approximate surface area is 113 Å². The molecule has 4 nitrogen and oxygen atoms in total. The Morgan fingerprint density at radius 3 is 3.05 bits per heavy atom. The molecule has 2 aliphatic rings. The molecule has 1 heterocycles. The molecule has 0 bridgehead atoms. The van der Waals surface area contributed by atoms with Gasteiger partial charge in [0.1, 0.15) is 12.4 Å². The Morgan fingerprint density at radius 1 is 1.37 bits per heavy atom. The molecule has 0 saturated heterocycles. The molecule has 1 aromatic rings. The fourth-order valence-corrected chi connectivity index (χ4v) is 3.23. The number of nitrogens with one attached hydrogen (secondary N) is 1. The summed E-state index contributed by atoms with van der Waals surface area (Å²) < 4.78 is 5.59. The van der Waals surface area contributed by atoms with Crippen molar-refractivity contribution in [2.75, 3.05) is 13.2 Å². The van der Waals surface area contributed by atoms with E-state index in [4.69, 9.17) is 10.5 Å². The number of fused-ring (bicyclic) bond motifs is 1. The maximum atomic E-state index is 12.4. The number of amides is 1. The SMILES string of the molecule is NC[C@H]1CCC[C@H]1C(=O)NC1COc2ccccc21. The largest absolute Gasteiger partial charge is 0.491 e. The van der Waals surface area contributed by atoms with Crippen LogP contribution in [0, 0.1) is 11.8 Å². The van der Waals surface area contributed by atoms with E-state index in [0.717, 1.165) is 30.6 Å². The first kappa shape index (κ1) is 12.5. The normalized spacial score (nSPS) is 28.8. The molecule has 1 aliphatic carbocycles. The number of carbonyl (C=O) groups excluding carboxylic acids is 1. The van der Waals surface area contributed by atoms with Crippen molar-refractivity contribution in [2.24, 2.45) is 17.6 Å². The van der Waals surface area contributed by atoms with Gasteiger partial charge in [0.05, 0.1) is 6.04 Å². The lowest BCUT2D eigenvalue weighted by Gasteiger charge is -2.20. The van der Waals surface area contributed by atoms with Gasteiger partial charge in [-0.2, -0.15) is 0 Å². The highest BCUT2D eigenvalue weighted by atomic mass is 16.5. The van der Waals surface area contributed by atoms with Crippen molar-refractivity contribution in [3.63, 3.8) is 0 Å². The van der Waals surface area contributed by atoms with Gasteiger partial charge < -0.3 is 15.8 Å². The van der Waals surface area contributed by atoms with E-state index in [1.165, 1.54) is 0 Å². The Kier molecular flexibility index (Phi) is 3.42. The summed E-state index contributed by atoms with van der Waals surface area (Å²) in [5.41, 5.74) is 6.82. The Balaban J connectivity index is 1.68. The summed E-state index contributed by atoms with van der Waals surface area (Å²) in [5.74, 6) is 1.45. The zero-order chi connectivity index (χ0) is 13.2. The number of para-hydroxylation sites is 1. The third-order valence-corrected chi connectivity index (χ3v) is 4.32. The summed E-state index contributed by atoms with van der Waals surface area (Å²) in [6.45, 7) is 1.14. The molecule has 0 aromatic heterocycles. The van der Waals surface area contributed by atoms with Crippen LogP contribution in [0.15, 0.2) is 24.3 Å². The van der Waals surface area contributed by atoms with Gasteiger partial charge in [0.25, 0.3) is 0 Å². The third kappa shape index (κ3) is 2.32. The first-order valence-electron chi connectivity index (χ1n) is 7.01. The van der Waals surface area contributed by atoms with Crippen LogP contribution >= 0.6 is 0 Å². The summed E-state index contributed by atoms with van der Waals surface area (Å²) in [7, 11) is 0. The molecule has 1 saturated carbocycles. The number of carbonyl (C=O) groups is 1. The van der Waals surface area contributed by atoms with Crippen molar-refractivity contribution in [1.29, 1.82) is 0 Å². The molecule has 4 heteroatoms. The average Bonchev–Trinajstić information content (AvgIpc) is 3.05. The molecule has 1 amide bonds.